The van der Waals surface area contributed by atoms with E-state index in [2.05, 4.69) is 4.72 Å². The van der Waals surface area contributed by atoms with Crippen LogP contribution in [0.4, 0.5) is 0 Å². The van der Waals surface area contributed by atoms with Crippen molar-refractivity contribution in [2.24, 2.45) is 0 Å². The van der Waals surface area contributed by atoms with Crippen molar-refractivity contribution in [2.45, 2.75) is 33.2 Å². The van der Waals surface area contributed by atoms with Gasteiger partial charge in [0.2, 0.25) is 10.0 Å². The van der Waals surface area contributed by atoms with Crippen molar-refractivity contribution >= 4 is 10.0 Å². The zero-order valence-corrected chi connectivity index (χ0v) is 9.20. The second kappa shape index (κ2) is 5.50. The van der Waals surface area contributed by atoms with E-state index < -0.39 is 15.6 Å². The first-order chi connectivity index (χ1) is 5.27. The van der Waals surface area contributed by atoms with Gasteiger partial charge in [-0.15, -0.1) is 0 Å². The molecular weight excluding hydrogens is 178 g/mol. The summed E-state index contributed by atoms with van der Waals surface area (Å²) in [5, 5.41) is 8.63. The molecule has 0 aromatic carbocycles. The molecule has 2 N–H and O–H groups in total. The molecule has 76 valence electrons. The zero-order chi connectivity index (χ0) is 10.4. The van der Waals surface area contributed by atoms with Crippen LogP contribution in [-0.2, 0) is 10.0 Å². The second-order valence-electron chi connectivity index (χ2n) is 2.92. The van der Waals surface area contributed by atoms with Crippen molar-refractivity contribution in [1.29, 1.82) is 0 Å². The fourth-order valence-electron chi connectivity index (χ4n) is 0.534. The molecule has 4 nitrogen and oxygen atoms in total. The fraction of sp³-hybridized carbons (Fsp3) is 1.00. The Balaban J connectivity index is 0. The van der Waals surface area contributed by atoms with Gasteiger partial charge in [-0.3, -0.25) is 0 Å². The molecule has 0 saturated heterocycles. The van der Waals surface area contributed by atoms with Gasteiger partial charge in [0.25, 0.3) is 0 Å². The predicted octanol–water partition coefficient (Wildman–Crippen LogP) is 0.333. The van der Waals surface area contributed by atoms with Crippen molar-refractivity contribution in [2.75, 3.05) is 12.9 Å². The van der Waals surface area contributed by atoms with Crippen LogP contribution >= 0.6 is 0 Å². The summed E-state index contributed by atoms with van der Waals surface area (Å²) in [4.78, 5) is 0. The van der Waals surface area contributed by atoms with Crippen LogP contribution in [0.15, 0.2) is 0 Å². The molecule has 0 aliphatic heterocycles. The van der Waals surface area contributed by atoms with E-state index in [-0.39, 0.29) is 6.61 Å². The molecule has 0 aromatic rings. The second-order valence-corrected chi connectivity index (χ2v) is 4.66. The number of rotatable bonds is 3. The minimum Gasteiger partial charge on any atom is -0.394 e. The molecule has 5 heteroatoms. The molecule has 0 fully saturated rings. The minimum absolute atomic E-state index is 0.208. The van der Waals surface area contributed by atoms with Crippen LogP contribution in [0.2, 0.25) is 0 Å². The molecule has 0 aromatic heterocycles. The summed E-state index contributed by atoms with van der Waals surface area (Å²) >= 11 is 0. The molecule has 12 heavy (non-hydrogen) atoms. The first kappa shape index (κ1) is 14.4. The normalized spacial score (nSPS) is 11.8. The molecule has 0 radical (unpaired) electrons. The molecule has 0 saturated carbocycles. The third-order valence-electron chi connectivity index (χ3n) is 0.857. The van der Waals surface area contributed by atoms with Gasteiger partial charge in [0, 0.05) is 0 Å². The lowest BCUT2D eigenvalue weighted by Gasteiger charge is -2.21. The monoisotopic (exact) mass is 197 g/mol. The first-order valence-electron chi connectivity index (χ1n) is 3.87. The van der Waals surface area contributed by atoms with Crippen LogP contribution in [0, 0.1) is 0 Å². The maximum absolute atomic E-state index is 10.6. The van der Waals surface area contributed by atoms with Crippen LogP contribution in [0.3, 0.4) is 0 Å². The van der Waals surface area contributed by atoms with E-state index in [0.29, 0.717) is 0 Å². The highest BCUT2D eigenvalue weighted by atomic mass is 32.2. The molecule has 0 rings (SSSR count). The van der Waals surface area contributed by atoms with E-state index in [1.54, 1.807) is 13.8 Å². The van der Waals surface area contributed by atoms with E-state index >= 15 is 0 Å². The third-order valence-corrected chi connectivity index (χ3v) is 1.78. The number of aliphatic hydroxyl groups excluding tert-OH is 1. The summed E-state index contributed by atoms with van der Waals surface area (Å²) in [7, 11) is -3.20. The van der Waals surface area contributed by atoms with Crippen LogP contribution in [0.25, 0.3) is 0 Å². The van der Waals surface area contributed by atoms with E-state index in [1.165, 1.54) is 0 Å². The number of hydrogen-bond acceptors (Lipinski definition) is 3. The average Bonchev–Trinajstić information content (AvgIpc) is 1.88. The van der Waals surface area contributed by atoms with Gasteiger partial charge in [0.1, 0.15) is 0 Å². The Kier molecular flexibility index (Phi) is 6.60. The van der Waals surface area contributed by atoms with Gasteiger partial charge in [0.15, 0.2) is 0 Å². The molecule has 0 atom stereocenters. The van der Waals surface area contributed by atoms with Crippen molar-refractivity contribution in [3.8, 4) is 0 Å². The standard InChI is InChI=1S/C5H13NO3S.C2H6/c1-5(2,4-7)6-10(3,8)9;1-2/h6-7H,4H2,1-3H3;1-2H3. The SMILES string of the molecule is CC.CC(C)(CO)NS(C)(=O)=O. The van der Waals surface area contributed by atoms with Crippen molar-refractivity contribution in [1.82, 2.24) is 4.72 Å². The number of aliphatic hydroxyl groups is 1. The van der Waals surface area contributed by atoms with Crippen molar-refractivity contribution in [3.05, 3.63) is 0 Å². The van der Waals surface area contributed by atoms with Gasteiger partial charge in [-0.1, -0.05) is 13.8 Å². The Morgan fingerprint density at radius 2 is 1.67 bits per heavy atom. The Morgan fingerprint density at radius 1 is 1.33 bits per heavy atom. The van der Waals surface area contributed by atoms with Crippen LogP contribution in [0.5, 0.6) is 0 Å². The number of sulfonamides is 1. The Labute approximate surface area is 75.0 Å². The number of hydrogen-bond donors (Lipinski definition) is 2. The Morgan fingerprint density at radius 3 is 1.75 bits per heavy atom. The van der Waals surface area contributed by atoms with Crippen molar-refractivity contribution in [3.63, 3.8) is 0 Å². The van der Waals surface area contributed by atoms with Gasteiger partial charge >= 0.3 is 0 Å². The number of nitrogens with one attached hydrogen (secondary N) is 1. The van der Waals surface area contributed by atoms with E-state index in [9.17, 15) is 8.42 Å². The largest absolute Gasteiger partial charge is 0.394 e. The average molecular weight is 197 g/mol. The lowest BCUT2D eigenvalue weighted by atomic mass is 10.1. The van der Waals surface area contributed by atoms with Gasteiger partial charge in [-0.2, -0.15) is 0 Å². The summed E-state index contributed by atoms with van der Waals surface area (Å²) in [6.07, 6.45) is 1.06. The first-order valence-corrected chi connectivity index (χ1v) is 5.76. The summed E-state index contributed by atoms with van der Waals surface area (Å²) < 4.78 is 23.4. The van der Waals surface area contributed by atoms with Gasteiger partial charge in [0.05, 0.1) is 18.4 Å². The Bertz CT molecular complexity index is 197. The van der Waals surface area contributed by atoms with E-state index in [4.69, 9.17) is 5.11 Å². The highest BCUT2D eigenvalue weighted by molar-refractivity contribution is 7.88. The van der Waals surface area contributed by atoms with E-state index in [0.717, 1.165) is 6.26 Å². The molecule has 0 aliphatic carbocycles. The van der Waals surface area contributed by atoms with E-state index in [1.807, 2.05) is 13.8 Å². The maximum atomic E-state index is 10.6. The summed E-state index contributed by atoms with van der Waals surface area (Å²) in [6.45, 7) is 7.00. The smallest absolute Gasteiger partial charge is 0.209 e. The highest BCUT2D eigenvalue weighted by Gasteiger charge is 2.20. The highest BCUT2D eigenvalue weighted by Crippen LogP contribution is 2.00. The zero-order valence-electron chi connectivity index (χ0n) is 8.38. The molecule has 0 heterocycles. The molecule has 0 unspecified atom stereocenters. The summed E-state index contributed by atoms with van der Waals surface area (Å²) in [6, 6.07) is 0. The van der Waals surface area contributed by atoms with Gasteiger partial charge < -0.3 is 5.11 Å². The fourth-order valence-corrected chi connectivity index (χ4v) is 1.60. The van der Waals surface area contributed by atoms with Crippen LogP contribution in [-0.4, -0.2) is 31.9 Å². The van der Waals surface area contributed by atoms with Gasteiger partial charge in [-0.05, 0) is 13.8 Å². The summed E-state index contributed by atoms with van der Waals surface area (Å²) in [5.41, 5.74) is -0.756. The molecule has 0 amide bonds. The lowest BCUT2D eigenvalue weighted by molar-refractivity contribution is 0.208. The third kappa shape index (κ3) is 9.87. The topological polar surface area (TPSA) is 66.4 Å². The molecule has 0 spiro atoms. The van der Waals surface area contributed by atoms with Gasteiger partial charge in [-0.25, -0.2) is 13.1 Å². The summed E-state index contributed by atoms with van der Waals surface area (Å²) in [5.74, 6) is 0. The molecule has 0 aliphatic rings. The maximum Gasteiger partial charge on any atom is 0.209 e. The molecule has 0 bridgehead atoms. The molecular formula is C7H19NO3S. The van der Waals surface area contributed by atoms with Crippen LogP contribution < -0.4 is 4.72 Å². The lowest BCUT2D eigenvalue weighted by Crippen LogP contribution is -2.45. The quantitative estimate of drug-likeness (QED) is 0.685. The Hall–Kier alpha value is -0.130. The predicted molar refractivity (Wildman–Crippen MR) is 50.5 cm³/mol. The van der Waals surface area contributed by atoms with Crippen LogP contribution in [0.1, 0.15) is 27.7 Å². The minimum atomic E-state index is -3.20. The van der Waals surface area contributed by atoms with Crippen molar-refractivity contribution < 1.29 is 13.5 Å².